The monoisotopic (exact) mass is 500 g/mol. The minimum absolute atomic E-state index is 0.0169. The SMILES string of the molecule is CCC(=O)OCC(=O)[C@@]1(OC(=O)CC)C(C)C[C@H]2[C@@H]3CC(C)C4=CC(=O)C=C[C@]4(C)[C@H]3C(O)C[C@@]21C. The van der Waals surface area contributed by atoms with E-state index in [1.807, 2.05) is 19.9 Å². The summed E-state index contributed by atoms with van der Waals surface area (Å²) in [7, 11) is 0. The largest absolute Gasteiger partial charge is 0.457 e. The van der Waals surface area contributed by atoms with Crippen LogP contribution < -0.4 is 0 Å². The molecule has 7 nitrogen and oxygen atoms in total. The van der Waals surface area contributed by atoms with Crippen molar-refractivity contribution in [2.24, 2.45) is 40.4 Å². The Balaban J connectivity index is 1.78. The number of aliphatic hydroxyl groups excluding tert-OH is 1. The summed E-state index contributed by atoms with van der Waals surface area (Å²) < 4.78 is 11.3. The van der Waals surface area contributed by atoms with E-state index >= 15 is 0 Å². The van der Waals surface area contributed by atoms with E-state index in [0.29, 0.717) is 6.42 Å². The Morgan fingerprint density at radius 3 is 2.39 bits per heavy atom. The average molecular weight is 501 g/mol. The van der Waals surface area contributed by atoms with Gasteiger partial charge in [-0.15, -0.1) is 0 Å². The molecule has 0 saturated heterocycles. The van der Waals surface area contributed by atoms with Crippen molar-refractivity contribution in [3.05, 3.63) is 23.8 Å². The molecule has 3 unspecified atom stereocenters. The van der Waals surface area contributed by atoms with Gasteiger partial charge in [-0.2, -0.15) is 0 Å². The lowest BCUT2D eigenvalue weighted by Gasteiger charge is -2.61. The van der Waals surface area contributed by atoms with Gasteiger partial charge in [-0.05, 0) is 49.2 Å². The second-order valence-corrected chi connectivity index (χ2v) is 11.9. The zero-order valence-corrected chi connectivity index (χ0v) is 22.3. The van der Waals surface area contributed by atoms with Gasteiger partial charge in [0.2, 0.25) is 5.78 Å². The van der Waals surface area contributed by atoms with Crippen LogP contribution >= 0.6 is 0 Å². The summed E-state index contributed by atoms with van der Waals surface area (Å²) in [5.74, 6) is -1.56. The van der Waals surface area contributed by atoms with Crippen LogP contribution in [0.3, 0.4) is 0 Å². The number of allylic oxidation sites excluding steroid dienone is 4. The number of ketones is 2. The van der Waals surface area contributed by atoms with Crippen molar-refractivity contribution in [3.8, 4) is 0 Å². The van der Waals surface area contributed by atoms with Crippen molar-refractivity contribution < 1.29 is 33.8 Å². The Morgan fingerprint density at radius 2 is 1.75 bits per heavy atom. The second-order valence-electron chi connectivity index (χ2n) is 11.9. The molecule has 3 fully saturated rings. The van der Waals surface area contributed by atoms with E-state index in [2.05, 4.69) is 13.8 Å². The molecule has 9 atom stereocenters. The maximum Gasteiger partial charge on any atom is 0.306 e. The first-order valence-electron chi connectivity index (χ1n) is 13.4. The highest BCUT2D eigenvalue weighted by atomic mass is 16.6. The number of esters is 2. The summed E-state index contributed by atoms with van der Waals surface area (Å²) >= 11 is 0. The minimum atomic E-state index is -1.48. The van der Waals surface area contributed by atoms with E-state index < -0.39 is 46.9 Å². The lowest BCUT2D eigenvalue weighted by atomic mass is 9.44. The minimum Gasteiger partial charge on any atom is -0.457 e. The molecule has 0 radical (unpaired) electrons. The first-order valence-corrected chi connectivity index (χ1v) is 13.4. The normalized spacial score (nSPS) is 43.1. The third kappa shape index (κ3) is 3.72. The van der Waals surface area contributed by atoms with Gasteiger partial charge in [0.05, 0.1) is 6.10 Å². The van der Waals surface area contributed by atoms with Gasteiger partial charge in [0.1, 0.15) is 0 Å². The van der Waals surface area contributed by atoms with Gasteiger partial charge in [-0.1, -0.05) is 53.2 Å². The van der Waals surface area contributed by atoms with Crippen LogP contribution in [0.25, 0.3) is 0 Å². The molecule has 4 aliphatic carbocycles. The fourth-order valence-corrected chi connectivity index (χ4v) is 8.54. The van der Waals surface area contributed by atoms with Crippen LogP contribution in [0.4, 0.5) is 0 Å². The third-order valence-electron chi connectivity index (χ3n) is 9.99. The van der Waals surface area contributed by atoms with E-state index in [4.69, 9.17) is 9.47 Å². The summed E-state index contributed by atoms with van der Waals surface area (Å²) in [4.78, 5) is 50.7. The second kappa shape index (κ2) is 9.23. The molecule has 0 aromatic carbocycles. The number of Topliss-reactive ketones (excluding diaryl/α,β-unsaturated/α-hetero) is 1. The molecular formula is C29H40O7. The first-order chi connectivity index (χ1) is 16.9. The molecule has 4 rings (SSSR count). The molecule has 0 amide bonds. The highest BCUT2D eigenvalue weighted by Gasteiger charge is 2.73. The summed E-state index contributed by atoms with van der Waals surface area (Å²) in [5, 5.41) is 11.7. The van der Waals surface area contributed by atoms with Crippen molar-refractivity contribution in [3.63, 3.8) is 0 Å². The zero-order valence-electron chi connectivity index (χ0n) is 22.3. The molecule has 0 bridgehead atoms. The maximum absolute atomic E-state index is 13.9. The van der Waals surface area contributed by atoms with Crippen LogP contribution in [0.2, 0.25) is 0 Å². The lowest BCUT2D eigenvalue weighted by Crippen LogP contribution is -2.64. The molecule has 36 heavy (non-hydrogen) atoms. The number of aliphatic hydroxyl groups is 1. The number of ether oxygens (including phenoxy) is 2. The predicted octanol–water partition coefficient (Wildman–Crippen LogP) is 3.97. The number of rotatable bonds is 6. The van der Waals surface area contributed by atoms with Crippen molar-refractivity contribution in [1.29, 1.82) is 0 Å². The van der Waals surface area contributed by atoms with Gasteiger partial charge in [-0.25, -0.2) is 0 Å². The molecule has 0 spiro atoms. The smallest absolute Gasteiger partial charge is 0.306 e. The van der Waals surface area contributed by atoms with E-state index in [1.54, 1.807) is 26.0 Å². The summed E-state index contributed by atoms with van der Waals surface area (Å²) in [6, 6.07) is 0. The quantitative estimate of drug-likeness (QED) is 0.550. The number of carbonyl (C=O) groups excluding carboxylic acids is 4. The predicted molar refractivity (Wildman–Crippen MR) is 132 cm³/mol. The van der Waals surface area contributed by atoms with E-state index in [0.717, 1.165) is 12.0 Å². The standard InChI is InChI=1S/C29H40O7/c1-7-24(33)35-15-23(32)29(36-25(34)8-2)17(4)12-21-19-11-16(3)20-13-18(30)9-10-27(20,5)26(19)22(31)14-28(21,29)6/h9-10,13,16-17,19,21-22,26,31H,7-8,11-12,14-15H2,1-6H3/t16?,17?,19-,21-,22?,26+,27-,28-,29-/m0/s1. The van der Waals surface area contributed by atoms with Crippen LogP contribution in [0.5, 0.6) is 0 Å². The van der Waals surface area contributed by atoms with Crippen molar-refractivity contribution >= 4 is 23.5 Å². The Bertz CT molecular complexity index is 1030. The number of hydrogen-bond donors (Lipinski definition) is 1. The number of fused-ring (bicyclic) bond motifs is 5. The summed E-state index contributed by atoms with van der Waals surface area (Å²) in [5.41, 5.74) is -1.69. The molecule has 4 aliphatic rings. The Morgan fingerprint density at radius 1 is 1.08 bits per heavy atom. The maximum atomic E-state index is 13.9. The topological polar surface area (TPSA) is 107 Å². The van der Waals surface area contributed by atoms with Gasteiger partial charge >= 0.3 is 11.9 Å². The van der Waals surface area contributed by atoms with Gasteiger partial charge in [0.25, 0.3) is 0 Å². The molecule has 0 aliphatic heterocycles. The van der Waals surface area contributed by atoms with Gasteiger partial charge < -0.3 is 14.6 Å². The van der Waals surface area contributed by atoms with Gasteiger partial charge in [-0.3, -0.25) is 19.2 Å². The highest BCUT2D eigenvalue weighted by Crippen LogP contribution is 2.69. The van der Waals surface area contributed by atoms with Crippen molar-refractivity contribution in [2.75, 3.05) is 6.61 Å². The molecule has 1 N–H and O–H groups in total. The summed E-state index contributed by atoms with van der Waals surface area (Å²) in [6.07, 6.45) is 6.55. The highest BCUT2D eigenvalue weighted by molar-refractivity contribution is 6.01. The Hall–Kier alpha value is -2.28. The molecule has 0 heterocycles. The number of hydrogen-bond acceptors (Lipinski definition) is 7. The first kappa shape index (κ1) is 26.8. The van der Waals surface area contributed by atoms with E-state index in [1.165, 1.54) is 0 Å². The molecule has 3 saturated carbocycles. The van der Waals surface area contributed by atoms with Crippen LogP contribution in [0, 0.1) is 40.4 Å². The van der Waals surface area contributed by atoms with Crippen LogP contribution in [-0.2, 0) is 28.7 Å². The van der Waals surface area contributed by atoms with Crippen LogP contribution in [-0.4, -0.2) is 46.9 Å². The van der Waals surface area contributed by atoms with Crippen molar-refractivity contribution in [1.82, 2.24) is 0 Å². The van der Waals surface area contributed by atoms with Gasteiger partial charge in [0, 0.05) is 35.5 Å². The lowest BCUT2D eigenvalue weighted by molar-refractivity contribution is -0.207. The zero-order chi connectivity index (χ0) is 26.6. The third-order valence-corrected chi connectivity index (χ3v) is 9.99. The molecule has 0 aromatic heterocycles. The van der Waals surface area contributed by atoms with Crippen LogP contribution in [0.15, 0.2) is 23.8 Å². The summed E-state index contributed by atoms with van der Waals surface area (Å²) in [6.45, 7) is 11.0. The molecule has 198 valence electrons. The molecule has 0 aromatic rings. The van der Waals surface area contributed by atoms with Gasteiger partial charge in [0.15, 0.2) is 18.0 Å². The number of carbonyl (C=O) groups is 4. The van der Waals surface area contributed by atoms with Crippen molar-refractivity contribution in [2.45, 2.75) is 85.4 Å². The van der Waals surface area contributed by atoms with E-state index in [9.17, 15) is 24.3 Å². The fraction of sp³-hybridized carbons (Fsp3) is 0.724. The molecule has 7 heteroatoms. The molecular weight excluding hydrogens is 460 g/mol. The Labute approximate surface area is 213 Å². The van der Waals surface area contributed by atoms with E-state index in [-0.39, 0.29) is 54.6 Å². The van der Waals surface area contributed by atoms with Crippen LogP contribution in [0.1, 0.15) is 73.6 Å². The average Bonchev–Trinajstić information content (AvgIpc) is 3.05. The fourth-order valence-electron chi connectivity index (χ4n) is 8.54. The Kier molecular flexibility index (Phi) is 6.87.